The van der Waals surface area contributed by atoms with E-state index in [9.17, 15) is 9.90 Å². The molecule has 2 rings (SSSR count). The number of carboxylic acids is 1. The Kier molecular flexibility index (Phi) is 3.93. The van der Waals surface area contributed by atoms with Gasteiger partial charge in [-0.2, -0.15) is 0 Å². The minimum Gasteiger partial charge on any atom is -0.492 e. The van der Waals surface area contributed by atoms with Crippen LogP contribution in [0.2, 0.25) is 0 Å². The van der Waals surface area contributed by atoms with Crippen molar-refractivity contribution >= 4 is 16.9 Å². The molecule has 0 aliphatic carbocycles. The van der Waals surface area contributed by atoms with Gasteiger partial charge < -0.3 is 9.84 Å². The van der Waals surface area contributed by atoms with Crippen molar-refractivity contribution in [2.75, 3.05) is 6.61 Å². The quantitative estimate of drug-likeness (QED) is 0.908. The van der Waals surface area contributed by atoms with Crippen LogP contribution in [0.1, 0.15) is 26.3 Å². The lowest BCUT2D eigenvalue weighted by atomic mass is 9.84. The highest BCUT2D eigenvalue weighted by molar-refractivity contribution is 5.88. The molecule has 106 valence electrons. The average molecular weight is 273 g/mol. The molecule has 0 saturated heterocycles. The highest BCUT2D eigenvalue weighted by atomic mass is 16.5. The molecule has 0 saturated carbocycles. The maximum Gasteiger partial charge on any atom is 0.309 e. The van der Waals surface area contributed by atoms with E-state index >= 15 is 0 Å². The molecule has 20 heavy (non-hydrogen) atoms. The Labute approximate surface area is 118 Å². The molecule has 2 aromatic rings. The van der Waals surface area contributed by atoms with E-state index in [1.807, 2.05) is 31.2 Å². The summed E-state index contributed by atoms with van der Waals surface area (Å²) in [5.41, 5.74) is 0.951. The SMILES string of the molecule is CCOc1ccc(CC(C)(C)C(=O)O)c2cccnc12. The maximum absolute atomic E-state index is 11.3. The Bertz CT molecular complexity index is 635. The number of carbonyl (C=O) groups is 1. The predicted octanol–water partition coefficient (Wildman–Crippen LogP) is 3.29. The van der Waals surface area contributed by atoms with E-state index in [1.54, 1.807) is 20.0 Å². The zero-order valence-electron chi connectivity index (χ0n) is 12.0. The third kappa shape index (κ3) is 2.74. The van der Waals surface area contributed by atoms with Crippen LogP contribution in [-0.4, -0.2) is 22.7 Å². The molecule has 1 heterocycles. The zero-order chi connectivity index (χ0) is 14.8. The smallest absolute Gasteiger partial charge is 0.309 e. The number of ether oxygens (including phenoxy) is 1. The number of hydrogen-bond acceptors (Lipinski definition) is 3. The summed E-state index contributed by atoms with van der Waals surface area (Å²) in [7, 11) is 0. The van der Waals surface area contributed by atoms with Gasteiger partial charge in [0.1, 0.15) is 11.3 Å². The monoisotopic (exact) mass is 273 g/mol. The minimum atomic E-state index is -0.810. The normalized spacial score (nSPS) is 11.6. The second kappa shape index (κ2) is 5.49. The van der Waals surface area contributed by atoms with Crippen molar-refractivity contribution < 1.29 is 14.6 Å². The first kappa shape index (κ1) is 14.3. The molecule has 4 nitrogen and oxygen atoms in total. The third-order valence-corrected chi connectivity index (χ3v) is 3.33. The molecule has 4 heteroatoms. The Morgan fingerprint density at radius 1 is 1.35 bits per heavy atom. The van der Waals surface area contributed by atoms with Crippen molar-refractivity contribution in [2.45, 2.75) is 27.2 Å². The Morgan fingerprint density at radius 2 is 2.10 bits per heavy atom. The van der Waals surface area contributed by atoms with E-state index in [1.165, 1.54) is 0 Å². The van der Waals surface area contributed by atoms with Gasteiger partial charge in [0, 0.05) is 11.6 Å². The van der Waals surface area contributed by atoms with Crippen molar-refractivity contribution in [3.8, 4) is 5.75 Å². The second-order valence-corrected chi connectivity index (χ2v) is 5.42. The molecule has 0 fully saturated rings. The number of aromatic nitrogens is 1. The summed E-state index contributed by atoms with van der Waals surface area (Å²) in [4.78, 5) is 15.7. The van der Waals surface area contributed by atoms with Crippen LogP contribution < -0.4 is 4.74 Å². The van der Waals surface area contributed by atoms with E-state index in [0.29, 0.717) is 13.0 Å². The molecule has 0 radical (unpaired) electrons. The second-order valence-electron chi connectivity index (χ2n) is 5.42. The van der Waals surface area contributed by atoms with Gasteiger partial charge in [-0.1, -0.05) is 12.1 Å². The average Bonchev–Trinajstić information content (AvgIpc) is 2.41. The predicted molar refractivity (Wildman–Crippen MR) is 78.0 cm³/mol. The number of pyridine rings is 1. The summed E-state index contributed by atoms with van der Waals surface area (Å²) >= 11 is 0. The molecule has 1 aromatic carbocycles. The Hall–Kier alpha value is -2.10. The van der Waals surface area contributed by atoms with Crippen LogP contribution in [0.4, 0.5) is 0 Å². The first-order valence-corrected chi connectivity index (χ1v) is 6.68. The van der Waals surface area contributed by atoms with E-state index in [2.05, 4.69) is 4.98 Å². The van der Waals surface area contributed by atoms with Crippen LogP contribution in [0.15, 0.2) is 30.5 Å². The van der Waals surface area contributed by atoms with Crippen LogP contribution in [0.25, 0.3) is 10.9 Å². The van der Waals surface area contributed by atoms with Crippen LogP contribution >= 0.6 is 0 Å². The summed E-state index contributed by atoms with van der Waals surface area (Å²) in [6.07, 6.45) is 2.17. The first-order chi connectivity index (χ1) is 9.45. The fourth-order valence-electron chi connectivity index (χ4n) is 2.18. The van der Waals surface area contributed by atoms with E-state index < -0.39 is 11.4 Å². The molecule has 0 aliphatic heterocycles. The molecule has 1 aromatic heterocycles. The van der Waals surface area contributed by atoms with Gasteiger partial charge in [0.2, 0.25) is 0 Å². The van der Waals surface area contributed by atoms with Crippen molar-refractivity contribution in [2.24, 2.45) is 5.41 Å². The molecule has 0 aliphatic rings. The number of carboxylic acid groups (broad SMARTS) is 1. The molecule has 1 N–H and O–H groups in total. The molecular weight excluding hydrogens is 254 g/mol. The molecule has 0 unspecified atom stereocenters. The van der Waals surface area contributed by atoms with Crippen molar-refractivity contribution in [1.29, 1.82) is 0 Å². The van der Waals surface area contributed by atoms with Gasteiger partial charge in [-0.3, -0.25) is 9.78 Å². The van der Waals surface area contributed by atoms with Gasteiger partial charge in [0.25, 0.3) is 0 Å². The number of rotatable bonds is 5. The van der Waals surface area contributed by atoms with Gasteiger partial charge in [-0.25, -0.2) is 0 Å². The zero-order valence-corrected chi connectivity index (χ0v) is 12.0. The van der Waals surface area contributed by atoms with Gasteiger partial charge in [-0.05, 0) is 44.9 Å². The van der Waals surface area contributed by atoms with Crippen LogP contribution in [0.5, 0.6) is 5.75 Å². The fourth-order valence-corrected chi connectivity index (χ4v) is 2.18. The topological polar surface area (TPSA) is 59.4 Å². The number of hydrogen-bond donors (Lipinski definition) is 1. The largest absolute Gasteiger partial charge is 0.492 e. The maximum atomic E-state index is 11.3. The number of aliphatic carboxylic acids is 1. The lowest BCUT2D eigenvalue weighted by Crippen LogP contribution is -2.26. The van der Waals surface area contributed by atoms with Crippen LogP contribution in [0.3, 0.4) is 0 Å². The van der Waals surface area contributed by atoms with Gasteiger partial charge in [0.15, 0.2) is 0 Å². The summed E-state index contributed by atoms with van der Waals surface area (Å²) in [5.74, 6) is -0.0663. The molecular formula is C16H19NO3. The number of benzene rings is 1. The lowest BCUT2D eigenvalue weighted by molar-refractivity contribution is -0.146. The van der Waals surface area contributed by atoms with Crippen LogP contribution in [0, 0.1) is 5.41 Å². The van der Waals surface area contributed by atoms with Crippen molar-refractivity contribution in [3.63, 3.8) is 0 Å². The van der Waals surface area contributed by atoms with E-state index in [4.69, 9.17) is 4.74 Å². The van der Waals surface area contributed by atoms with Crippen molar-refractivity contribution in [3.05, 3.63) is 36.0 Å². The summed E-state index contributed by atoms with van der Waals surface area (Å²) < 4.78 is 5.57. The molecule has 0 bridgehead atoms. The standard InChI is InChI=1S/C16H19NO3/c1-4-20-13-8-7-11(10-16(2,3)15(18)19)12-6-5-9-17-14(12)13/h5-9H,4,10H2,1-3H3,(H,18,19). The van der Waals surface area contributed by atoms with Gasteiger partial charge >= 0.3 is 5.97 Å². The molecule has 0 amide bonds. The van der Waals surface area contributed by atoms with Crippen LogP contribution in [-0.2, 0) is 11.2 Å². The first-order valence-electron chi connectivity index (χ1n) is 6.68. The minimum absolute atomic E-state index is 0.455. The summed E-state index contributed by atoms with van der Waals surface area (Å²) in [6, 6.07) is 7.61. The van der Waals surface area contributed by atoms with E-state index in [0.717, 1.165) is 22.2 Å². The highest BCUT2D eigenvalue weighted by Gasteiger charge is 2.28. The fraction of sp³-hybridized carbons (Fsp3) is 0.375. The summed E-state index contributed by atoms with van der Waals surface area (Å²) in [5, 5.41) is 10.2. The Balaban J connectivity index is 2.51. The van der Waals surface area contributed by atoms with E-state index in [-0.39, 0.29) is 0 Å². The molecule has 0 spiro atoms. The van der Waals surface area contributed by atoms with Crippen molar-refractivity contribution in [1.82, 2.24) is 4.98 Å². The molecule has 0 atom stereocenters. The van der Waals surface area contributed by atoms with Gasteiger partial charge in [-0.15, -0.1) is 0 Å². The highest BCUT2D eigenvalue weighted by Crippen LogP contribution is 2.31. The summed E-state index contributed by atoms with van der Waals surface area (Å²) in [6.45, 7) is 5.96. The Morgan fingerprint density at radius 3 is 2.75 bits per heavy atom. The lowest BCUT2D eigenvalue weighted by Gasteiger charge is -2.20. The van der Waals surface area contributed by atoms with Gasteiger partial charge in [0.05, 0.1) is 12.0 Å². The number of fused-ring (bicyclic) bond motifs is 1. The number of nitrogens with zero attached hydrogens (tertiary/aromatic N) is 1. The third-order valence-electron chi connectivity index (χ3n) is 3.33.